The smallest absolute Gasteiger partial charge is 0.264 e. The number of nitrogens with one attached hydrogen (secondary N) is 1. The Bertz CT molecular complexity index is 1150. The maximum atomic E-state index is 13.4. The van der Waals surface area contributed by atoms with Crippen LogP contribution in [0.2, 0.25) is 5.02 Å². The van der Waals surface area contributed by atoms with Crippen molar-refractivity contribution in [2.75, 3.05) is 17.4 Å². The van der Waals surface area contributed by atoms with Crippen molar-refractivity contribution in [2.45, 2.75) is 31.6 Å². The molecule has 0 fully saturated rings. The lowest BCUT2D eigenvalue weighted by atomic mass is 9.97. The number of carbonyl (C=O) groups is 1. The zero-order chi connectivity index (χ0) is 23.8. The number of hydrogen-bond acceptors (Lipinski definition) is 3. The zero-order valence-electron chi connectivity index (χ0n) is 18.9. The Morgan fingerprint density at radius 3 is 2.21 bits per heavy atom. The Labute approximate surface area is 201 Å². The lowest BCUT2D eigenvalue weighted by Gasteiger charge is -2.25. The highest BCUT2D eigenvalue weighted by Gasteiger charge is 2.27. The second-order valence-electron chi connectivity index (χ2n) is 8.07. The quantitative estimate of drug-likeness (QED) is 0.428. The molecule has 0 aliphatic carbocycles. The van der Waals surface area contributed by atoms with Gasteiger partial charge in [0.05, 0.1) is 10.6 Å². The van der Waals surface area contributed by atoms with E-state index in [-0.39, 0.29) is 23.3 Å². The number of halogens is 1. The topological polar surface area (TPSA) is 66.5 Å². The van der Waals surface area contributed by atoms with Crippen molar-refractivity contribution in [3.63, 3.8) is 0 Å². The first-order valence-electron chi connectivity index (χ1n) is 10.9. The van der Waals surface area contributed by atoms with Gasteiger partial charge in [0.2, 0.25) is 5.91 Å². The summed E-state index contributed by atoms with van der Waals surface area (Å²) in [6, 6.07) is 23.1. The highest BCUT2D eigenvalue weighted by Crippen LogP contribution is 2.25. The third kappa shape index (κ3) is 6.83. The fourth-order valence-electron chi connectivity index (χ4n) is 3.51. The fraction of sp³-hybridized carbons (Fsp3) is 0.269. The molecule has 7 heteroatoms. The van der Waals surface area contributed by atoms with Crippen LogP contribution >= 0.6 is 11.6 Å². The molecule has 5 nitrogen and oxygen atoms in total. The van der Waals surface area contributed by atoms with E-state index in [1.54, 1.807) is 48.5 Å². The van der Waals surface area contributed by atoms with Gasteiger partial charge in [-0.2, -0.15) is 0 Å². The monoisotopic (exact) mass is 484 g/mol. The molecule has 0 radical (unpaired) electrons. The lowest BCUT2D eigenvalue weighted by Crippen LogP contribution is -2.42. The van der Waals surface area contributed by atoms with Crippen LogP contribution in [0.3, 0.4) is 0 Å². The average Bonchev–Trinajstić information content (AvgIpc) is 2.81. The molecule has 0 bridgehead atoms. The van der Waals surface area contributed by atoms with Gasteiger partial charge in [0.15, 0.2) is 0 Å². The van der Waals surface area contributed by atoms with E-state index in [9.17, 15) is 13.2 Å². The van der Waals surface area contributed by atoms with Crippen molar-refractivity contribution in [2.24, 2.45) is 5.92 Å². The highest BCUT2D eigenvalue weighted by atomic mass is 35.5. The molecule has 3 rings (SSSR count). The summed E-state index contributed by atoms with van der Waals surface area (Å²) in [6.45, 7) is 4.13. The van der Waals surface area contributed by atoms with Gasteiger partial charge in [-0.3, -0.25) is 9.10 Å². The first kappa shape index (κ1) is 24.8. The second-order valence-corrected chi connectivity index (χ2v) is 10.4. The first-order chi connectivity index (χ1) is 15.8. The predicted molar refractivity (Wildman–Crippen MR) is 134 cm³/mol. The molecule has 0 aromatic heterocycles. The van der Waals surface area contributed by atoms with Crippen LogP contribution in [0.25, 0.3) is 0 Å². The molecule has 0 saturated heterocycles. The van der Waals surface area contributed by atoms with E-state index >= 15 is 0 Å². The van der Waals surface area contributed by atoms with E-state index < -0.39 is 10.0 Å². The highest BCUT2D eigenvalue weighted by molar-refractivity contribution is 7.92. The molecule has 33 heavy (non-hydrogen) atoms. The summed E-state index contributed by atoms with van der Waals surface area (Å²) in [5, 5.41) is 3.42. The van der Waals surface area contributed by atoms with E-state index in [2.05, 4.69) is 24.4 Å². The van der Waals surface area contributed by atoms with Crippen LogP contribution in [0.15, 0.2) is 83.8 Å². The minimum Gasteiger partial charge on any atom is -0.354 e. The van der Waals surface area contributed by atoms with Gasteiger partial charge >= 0.3 is 0 Å². The Hall–Kier alpha value is -2.83. The van der Waals surface area contributed by atoms with Crippen molar-refractivity contribution >= 4 is 33.2 Å². The maximum absolute atomic E-state index is 13.4. The van der Waals surface area contributed by atoms with E-state index in [0.29, 0.717) is 17.3 Å². The summed E-state index contributed by atoms with van der Waals surface area (Å²) in [6.07, 6.45) is 1.75. The van der Waals surface area contributed by atoms with Crippen molar-refractivity contribution in [3.8, 4) is 0 Å². The Balaban J connectivity index is 1.76. The largest absolute Gasteiger partial charge is 0.354 e. The number of amides is 1. The van der Waals surface area contributed by atoms with E-state index in [0.717, 1.165) is 22.7 Å². The number of anilines is 1. The van der Waals surface area contributed by atoms with Crippen LogP contribution in [0, 0.1) is 12.8 Å². The molecular weight excluding hydrogens is 456 g/mol. The van der Waals surface area contributed by atoms with Crippen molar-refractivity contribution < 1.29 is 13.2 Å². The van der Waals surface area contributed by atoms with Gasteiger partial charge in [-0.15, -0.1) is 0 Å². The summed E-state index contributed by atoms with van der Waals surface area (Å²) in [5.74, 6) is -0.0961. The predicted octanol–water partition coefficient (Wildman–Crippen LogP) is 5.23. The number of benzene rings is 3. The molecule has 0 spiro atoms. The Morgan fingerprint density at radius 2 is 1.61 bits per heavy atom. The summed E-state index contributed by atoms with van der Waals surface area (Å²) in [4.78, 5) is 13.0. The van der Waals surface area contributed by atoms with Crippen LogP contribution in [0.5, 0.6) is 0 Å². The Morgan fingerprint density at radius 1 is 0.970 bits per heavy atom. The van der Waals surface area contributed by atoms with Crippen LogP contribution in [0.4, 0.5) is 5.69 Å². The van der Waals surface area contributed by atoms with E-state index in [4.69, 9.17) is 11.6 Å². The van der Waals surface area contributed by atoms with Gasteiger partial charge in [-0.25, -0.2) is 8.42 Å². The number of carbonyl (C=O) groups excluding carboxylic acids is 1. The van der Waals surface area contributed by atoms with Gasteiger partial charge in [0, 0.05) is 11.6 Å². The summed E-state index contributed by atoms with van der Waals surface area (Å²) >= 11 is 5.99. The van der Waals surface area contributed by atoms with Gasteiger partial charge in [0.1, 0.15) is 6.54 Å². The summed E-state index contributed by atoms with van der Waals surface area (Å²) in [5.41, 5.74) is 2.54. The molecular formula is C26H29ClN2O3S. The second kappa shape index (κ2) is 11.3. The number of hydrogen-bond donors (Lipinski definition) is 1. The van der Waals surface area contributed by atoms with Crippen LogP contribution in [-0.2, 0) is 21.2 Å². The third-order valence-electron chi connectivity index (χ3n) is 5.54. The number of rotatable bonds is 10. The van der Waals surface area contributed by atoms with Gasteiger partial charge in [0.25, 0.3) is 10.0 Å². The molecule has 0 heterocycles. The molecule has 1 amide bonds. The lowest BCUT2D eigenvalue weighted by molar-refractivity contribution is -0.119. The Kier molecular flexibility index (Phi) is 8.53. The first-order valence-corrected chi connectivity index (χ1v) is 12.8. The number of nitrogens with zero attached hydrogens (tertiary/aromatic N) is 1. The zero-order valence-corrected chi connectivity index (χ0v) is 20.4. The van der Waals surface area contributed by atoms with Crippen molar-refractivity contribution in [1.82, 2.24) is 5.32 Å². The third-order valence-corrected chi connectivity index (χ3v) is 7.58. The van der Waals surface area contributed by atoms with E-state index in [1.165, 1.54) is 5.56 Å². The molecule has 0 aliphatic rings. The molecule has 174 valence electrons. The van der Waals surface area contributed by atoms with Gasteiger partial charge < -0.3 is 5.32 Å². The maximum Gasteiger partial charge on any atom is 0.264 e. The van der Waals surface area contributed by atoms with Crippen molar-refractivity contribution in [3.05, 3.63) is 95.0 Å². The fourth-order valence-corrected chi connectivity index (χ4v) is 5.06. The van der Waals surface area contributed by atoms with E-state index in [1.807, 2.05) is 25.1 Å². The van der Waals surface area contributed by atoms with Crippen LogP contribution < -0.4 is 9.62 Å². The molecule has 1 N–H and O–H groups in total. The molecule has 1 unspecified atom stereocenters. The standard InChI is InChI=1S/C26H29ClN2O3S/c1-3-21(17-22-7-5-4-6-8-22)18-28-26(30)19-29(24-13-11-23(27)12-14-24)33(31,32)25-15-9-20(2)10-16-25/h4-16,21H,3,17-19H2,1-2H3,(H,28,30). The van der Waals surface area contributed by atoms with Crippen LogP contribution in [-0.4, -0.2) is 27.4 Å². The van der Waals surface area contributed by atoms with Gasteiger partial charge in [-0.1, -0.05) is 73.0 Å². The summed E-state index contributed by atoms with van der Waals surface area (Å²) in [7, 11) is -3.94. The summed E-state index contributed by atoms with van der Waals surface area (Å²) < 4.78 is 28.0. The molecule has 0 saturated carbocycles. The minimum atomic E-state index is -3.94. The SMILES string of the molecule is CCC(CNC(=O)CN(c1ccc(Cl)cc1)S(=O)(=O)c1ccc(C)cc1)Cc1ccccc1. The molecule has 3 aromatic rings. The number of sulfonamides is 1. The van der Waals surface area contributed by atoms with Crippen LogP contribution in [0.1, 0.15) is 24.5 Å². The van der Waals surface area contributed by atoms with Gasteiger partial charge in [-0.05, 0) is 61.2 Å². The van der Waals surface area contributed by atoms with Crippen molar-refractivity contribution in [1.29, 1.82) is 0 Å². The number of aryl methyl sites for hydroxylation is 1. The molecule has 3 aromatic carbocycles. The molecule has 0 aliphatic heterocycles. The molecule has 1 atom stereocenters. The minimum absolute atomic E-state index is 0.131. The average molecular weight is 485 g/mol. The normalized spacial score (nSPS) is 12.2.